The minimum Gasteiger partial charge on any atom is -0.490 e. The Bertz CT molecular complexity index is 426. The SMILES string of the molecule is CCOc1cccnc1N(CCOC)CC/C(N)=N/O. The fourth-order valence-electron chi connectivity index (χ4n) is 1.71. The number of nitrogens with zero attached hydrogens (tertiary/aromatic N) is 3. The lowest BCUT2D eigenvalue weighted by atomic mass is 10.3. The quantitative estimate of drug-likeness (QED) is 0.304. The second-order valence-electron chi connectivity index (χ2n) is 4.08. The van der Waals surface area contributed by atoms with Crippen LogP contribution in [0.25, 0.3) is 0 Å². The Morgan fingerprint density at radius 1 is 1.50 bits per heavy atom. The Morgan fingerprint density at radius 2 is 2.30 bits per heavy atom. The predicted octanol–water partition coefficient (Wildman–Crippen LogP) is 1.07. The van der Waals surface area contributed by atoms with Crippen molar-refractivity contribution >= 4 is 11.7 Å². The van der Waals surface area contributed by atoms with Crippen LogP contribution in [0.15, 0.2) is 23.5 Å². The smallest absolute Gasteiger partial charge is 0.171 e. The van der Waals surface area contributed by atoms with Crippen molar-refractivity contribution in [3.8, 4) is 5.75 Å². The van der Waals surface area contributed by atoms with Crippen LogP contribution >= 0.6 is 0 Å². The van der Waals surface area contributed by atoms with Crippen molar-refractivity contribution < 1.29 is 14.7 Å². The van der Waals surface area contributed by atoms with E-state index in [0.717, 1.165) is 5.82 Å². The van der Waals surface area contributed by atoms with Gasteiger partial charge in [0, 0.05) is 32.8 Å². The van der Waals surface area contributed by atoms with E-state index in [2.05, 4.69) is 10.1 Å². The van der Waals surface area contributed by atoms with Crippen LogP contribution in [0.4, 0.5) is 5.82 Å². The molecule has 0 fully saturated rings. The van der Waals surface area contributed by atoms with Crippen LogP contribution in [0, 0.1) is 0 Å². The Labute approximate surface area is 119 Å². The van der Waals surface area contributed by atoms with E-state index in [9.17, 15) is 0 Å². The average molecular weight is 282 g/mol. The predicted molar refractivity (Wildman–Crippen MR) is 77.5 cm³/mol. The molecule has 3 N–H and O–H groups in total. The molecular weight excluding hydrogens is 260 g/mol. The van der Waals surface area contributed by atoms with E-state index in [1.165, 1.54) is 0 Å². The van der Waals surface area contributed by atoms with Gasteiger partial charge in [0.05, 0.1) is 13.2 Å². The minimum absolute atomic E-state index is 0.182. The lowest BCUT2D eigenvalue weighted by Gasteiger charge is -2.25. The third-order valence-electron chi connectivity index (χ3n) is 2.68. The average Bonchev–Trinajstić information content (AvgIpc) is 2.48. The molecule has 7 nitrogen and oxygen atoms in total. The largest absolute Gasteiger partial charge is 0.490 e. The topological polar surface area (TPSA) is 93.2 Å². The number of oxime groups is 1. The van der Waals surface area contributed by atoms with Crippen molar-refractivity contribution in [1.82, 2.24) is 4.98 Å². The van der Waals surface area contributed by atoms with Crippen molar-refractivity contribution in [3.63, 3.8) is 0 Å². The summed E-state index contributed by atoms with van der Waals surface area (Å²) in [6, 6.07) is 3.70. The first-order valence-electron chi connectivity index (χ1n) is 6.51. The molecule has 0 saturated heterocycles. The van der Waals surface area contributed by atoms with E-state index < -0.39 is 0 Å². The number of amidine groups is 1. The van der Waals surface area contributed by atoms with Crippen molar-refractivity contribution in [1.29, 1.82) is 0 Å². The zero-order chi connectivity index (χ0) is 14.8. The number of methoxy groups -OCH3 is 1. The molecule has 0 aliphatic rings. The third-order valence-corrected chi connectivity index (χ3v) is 2.68. The highest BCUT2D eigenvalue weighted by Crippen LogP contribution is 2.25. The summed E-state index contributed by atoms with van der Waals surface area (Å²) in [5.74, 6) is 1.63. The summed E-state index contributed by atoms with van der Waals surface area (Å²) in [6.07, 6.45) is 2.14. The van der Waals surface area contributed by atoms with Crippen molar-refractivity contribution in [2.24, 2.45) is 10.9 Å². The van der Waals surface area contributed by atoms with Gasteiger partial charge in [-0.3, -0.25) is 0 Å². The van der Waals surface area contributed by atoms with Gasteiger partial charge in [-0.15, -0.1) is 0 Å². The van der Waals surface area contributed by atoms with Crippen LogP contribution in [-0.2, 0) is 4.74 Å². The van der Waals surface area contributed by atoms with Gasteiger partial charge in [0.15, 0.2) is 11.6 Å². The van der Waals surface area contributed by atoms with Crippen LogP contribution in [-0.4, -0.2) is 49.4 Å². The van der Waals surface area contributed by atoms with Gasteiger partial charge < -0.3 is 25.3 Å². The number of rotatable bonds is 9. The first kappa shape index (κ1) is 16.0. The Balaban J connectivity index is 2.85. The van der Waals surface area contributed by atoms with Gasteiger partial charge in [-0.1, -0.05) is 5.16 Å². The first-order valence-corrected chi connectivity index (χ1v) is 6.51. The number of anilines is 1. The number of nitrogens with two attached hydrogens (primary N) is 1. The normalized spacial score (nSPS) is 11.4. The molecule has 7 heteroatoms. The zero-order valence-electron chi connectivity index (χ0n) is 12.0. The van der Waals surface area contributed by atoms with Crippen LogP contribution in [0.5, 0.6) is 5.75 Å². The molecule has 0 aliphatic heterocycles. The Morgan fingerprint density at radius 3 is 2.95 bits per heavy atom. The fourth-order valence-corrected chi connectivity index (χ4v) is 1.71. The second kappa shape index (κ2) is 8.98. The standard InChI is InChI=1S/C13H22N4O3/c1-3-20-11-5-4-7-15-13(11)17(9-10-19-2)8-6-12(14)16-18/h4-5,7,18H,3,6,8-10H2,1-2H3,(H2,14,16). The van der Waals surface area contributed by atoms with Gasteiger partial charge in [-0.05, 0) is 19.1 Å². The molecular formula is C13H22N4O3. The number of hydrogen-bond donors (Lipinski definition) is 2. The maximum atomic E-state index is 8.61. The summed E-state index contributed by atoms with van der Waals surface area (Å²) >= 11 is 0. The number of pyridine rings is 1. The monoisotopic (exact) mass is 282 g/mol. The van der Waals surface area contributed by atoms with Crippen molar-refractivity contribution in [2.75, 3.05) is 38.3 Å². The molecule has 1 aromatic rings. The van der Waals surface area contributed by atoms with Gasteiger partial charge in [0.1, 0.15) is 5.84 Å². The van der Waals surface area contributed by atoms with E-state index in [1.807, 2.05) is 24.0 Å². The van der Waals surface area contributed by atoms with Gasteiger partial charge in [0.25, 0.3) is 0 Å². The second-order valence-corrected chi connectivity index (χ2v) is 4.08. The van der Waals surface area contributed by atoms with Crippen LogP contribution in [0.3, 0.4) is 0 Å². The summed E-state index contributed by atoms with van der Waals surface area (Å²) in [6.45, 7) is 4.25. The van der Waals surface area contributed by atoms with Gasteiger partial charge >= 0.3 is 0 Å². The molecule has 112 valence electrons. The summed E-state index contributed by atoms with van der Waals surface area (Å²) in [5, 5.41) is 11.6. The lowest BCUT2D eigenvalue weighted by molar-refractivity contribution is 0.205. The molecule has 0 atom stereocenters. The minimum atomic E-state index is 0.182. The van der Waals surface area contributed by atoms with Gasteiger partial charge in [-0.2, -0.15) is 0 Å². The van der Waals surface area contributed by atoms with E-state index in [0.29, 0.717) is 38.5 Å². The molecule has 0 unspecified atom stereocenters. The molecule has 0 spiro atoms. The highest BCUT2D eigenvalue weighted by atomic mass is 16.5. The fraction of sp³-hybridized carbons (Fsp3) is 0.538. The molecule has 0 aliphatic carbocycles. The van der Waals surface area contributed by atoms with Crippen LogP contribution in [0.2, 0.25) is 0 Å². The van der Waals surface area contributed by atoms with E-state index in [4.69, 9.17) is 20.4 Å². The molecule has 0 bridgehead atoms. The van der Waals surface area contributed by atoms with Crippen molar-refractivity contribution in [3.05, 3.63) is 18.3 Å². The summed E-state index contributed by atoms with van der Waals surface area (Å²) in [5.41, 5.74) is 5.52. The van der Waals surface area contributed by atoms with Crippen LogP contribution in [0.1, 0.15) is 13.3 Å². The number of ether oxygens (including phenoxy) is 2. The van der Waals surface area contributed by atoms with Gasteiger partial charge in [-0.25, -0.2) is 4.98 Å². The molecule has 0 saturated carbocycles. The molecule has 20 heavy (non-hydrogen) atoms. The van der Waals surface area contributed by atoms with Gasteiger partial charge in [0.2, 0.25) is 0 Å². The third kappa shape index (κ3) is 4.93. The molecule has 1 heterocycles. The number of aromatic nitrogens is 1. The number of hydrogen-bond acceptors (Lipinski definition) is 6. The van der Waals surface area contributed by atoms with E-state index >= 15 is 0 Å². The highest BCUT2D eigenvalue weighted by molar-refractivity contribution is 5.80. The molecule has 1 aromatic heterocycles. The molecule has 1 rings (SSSR count). The zero-order valence-corrected chi connectivity index (χ0v) is 12.0. The van der Waals surface area contributed by atoms with Crippen LogP contribution < -0.4 is 15.4 Å². The molecule has 0 amide bonds. The lowest BCUT2D eigenvalue weighted by Crippen LogP contribution is -2.32. The summed E-state index contributed by atoms with van der Waals surface area (Å²) in [4.78, 5) is 6.35. The Kier molecular flexibility index (Phi) is 7.20. The highest BCUT2D eigenvalue weighted by Gasteiger charge is 2.14. The Hall–Kier alpha value is -2.02. The maximum Gasteiger partial charge on any atom is 0.171 e. The molecule has 0 radical (unpaired) electrons. The summed E-state index contributed by atoms with van der Waals surface area (Å²) in [7, 11) is 1.64. The van der Waals surface area contributed by atoms with E-state index in [1.54, 1.807) is 13.3 Å². The first-order chi connectivity index (χ1) is 9.72. The summed E-state index contributed by atoms with van der Waals surface area (Å²) < 4.78 is 10.7. The maximum absolute atomic E-state index is 8.61. The van der Waals surface area contributed by atoms with E-state index in [-0.39, 0.29) is 5.84 Å². The van der Waals surface area contributed by atoms with Crippen molar-refractivity contribution in [2.45, 2.75) is 13.3 Å². The molecule has 0 aromatic carbocycles.